The second-order valence-electron chi connectivity index (χ2n) is 5.05. The van der Waals surface area contributed by atoms with Crippen LogP contribution in [0.25, 0.3) is 6.08 Å². The van der Waals surface area contributed by atoms with Gasteiger partial charge in [0.1, 0.15) is 11.6 Å². The zero-order valence-corrected chi connectivity index (χ0v) is 14.0. The Balaban J connectivity index is 2.09. The molecule has 0 radical (unpaired) electrons. The van der Waals surface area contributed by atoms with E-state index in [9.17, 15) is 22.8 Å². The van der Waals surface area contributed by atoms with Gasteiger partial charge in [-0.1, -0.05) is 18.2 Å². The number of methoxy groups -OCH3 is 1. The lowest BCUT2D eigenvalue weighted by Crippen LogP contribution is -2.13. The standard InChI is InChI=1S/C18H15F3N2O4/c1-26-18(25)23-14-10-12(7-8-13(14)19)22-16(24)9-6-11-4-2-3-5-15(11)27-17(20)21/h2-10,17H,1H3,(H,22,24)(H,23,25)/b9-6+. The third-order valence-corrected chi connectivity index (χ3v) is 3.21. The summed E-state index contributed by atoms with van der Waals surface area (Å²) in [5.41, 5.74) is 0.300. The number of rotatable bonds is 6. The molecule has 0 fully saturated rings. The highest BCUT2D eigenvalue weighted by Gasteiger charge is 2.10. The Morgan fingerprint density at radius 1 is 1.11 bits per heavy atom. The van der Waals surface area contributed by atoms with Gasteiger partial charge in [0.25, 0.3) is 0 Å². The molecule has 27 heavy (non-hydrogen) atoms. The van der Waals surface area contributed by atoms with Gasteiger partial charge in [-0.15, -0.1) is 0 Å². The number of amides is 2. The zero-order valence-electron chi connectivity index (χ0n) is 14.0. The van der Waals surface area contributed by atoms with Crippen molar-refractivity contribution in [2.24, 2.45) is 0 Å². The van der Waals surface area contributed by atoms with Crippen molar-refractivity contribution in [1.82, 2.24) is 0 Å². The van der Waals surface area contributed by atoms with Gasteiger partial charge in [0.15, 0.2) is 0 Å². The van der Waals surface area contributed by atoms with Crippen molar-refractivity contribution in [2.75, 3.05) is 17.7 Å². The van der Waals surface area contributed by atoms with E-state index in [2.05, 4.69) is 20.1 Å². The predicted molar refractivity (Wildman–Crippen MR) is 93.2 cm³/mol. The van der Waals surface area contributed by atoms with Crippen LogP contribution in [-0.4, -0.2) is 25.7 Å². The number of benzene rings is 2. The third kappa shape index (κ3) is 6.07. The zero-order chi connectivity index (χ0) is 19.8. The molecule has 0 aromatic heterocycles. The van der Waals surface area contributed by atoms with Crippen LogP contribution in [0, 0.1) is 5.82 Å². The molecule has 9 heteroatoms. The topological polar surface area (TPSA) is 76.7 Å². The Hall–Kier alpha value is -3.49. The maximum Gasteiger partial charge on any atom is 0.411 e. The van der Waals surface area contributed by atoms with Gasteiger partial charge in [-0.3, -0.25) is 10.1 Å². The Kier molecular flexibility index (Phi) is 6.81. The molecule has 0 atom stereocenters. The van der Waals surface area contributed by atoms with Crippen LogP contribution in [0.5, 0.6) is 5.75 Å². The molecule has 0 saturated heterocycles. The van der Waals surface area contributed by atoms with Crippen molar-refractivity contribution >= 4 is 29.5 Å². The minimum atomic E-state index is -2.99. The summed E-state index contributed by atoms with van der Waals surface area (Å²) >= 11 is 0. The molecule has 0 saturated carbocycles. The quantitative estimate of drug-likeness (QED) is 0.735. The number of alkyl halides is 2. The van der Waals surface area contributed by atoms with Gasteiger partial charge in [-0.2, -0.15) is 8.78 Å². The second-order valence-corrected chi connectivity index (χ2v) is 5.05. The second kappa shape index (κ2) is 9.27. The van der Waals surface area contributed by atoms with Crippen LogP contribution in [0.2, 0.25) is 0 Å². The van der Waals surface area contributed by atoms with Gasteiger partial charge in [0.2, 0.25) is 5.91 Å². The van der Waals surface area contributed by atoms with E-state index in [0.717, 1.165) is 19.3 Å². The molecule has 6 nitrogen and oxygen atoms in total. The van der Waals surface area contributed by atoms with Crippen LogP contribution in [0.3, 0.4) is 0 Å². The van der Waals surface area contributed by atoms with Crippen molar-refractivity contribution in [3.63, 3.8) is 0 Å². The highest BCUT2D eigenvalue weighted by atomic mass is 19.3. The summed E-state index contributed by atoms with van der Waals surface area (Å²) in [6.07, 6.45) is 1.53. The summed E-state index contributed by atoms with van der Waals surface area (Å²) < 4.78 is 47.1. The Bertz CT molecular complexity index is 856. The summed E-state index contributed by atoms with van der Waals surface area (Å²) in [4.78, 5) is 23.2. The van der Waals surface area contributed by atoms with Crippen LogP contribution in [0.1, 0.15) is 5.56 Å². The Morgan fingerprint density at radius 2 is 1.85 bits per heavy atom. The number of hydrogen-bond donors (Lipinski definition) is 2. The van der Waals surface area contributed by atoms with E-state index in [4.69, 9.17) is 0 Å². The van der Waals surface area contributed by atoms with Gasteiger partial charge in [-0.25, -0.2) is 9.18 Å². The van der Waals surface area contributed by atoms with E-state index in [1.54, 1.807) is 6.07 Å². The van der Waals surface area contributed by atoms with Crippen molar-refractivity contribution in [3.05, 3.63) is 59.9 Å². The average molecular weight is 380 g/mol. The molecule has 2 rings (SSSR count). The van der Waals surface area contributed by atoms with Gasteiger partial charge < -0.3 is 14.8 Å². The minimum Gasteiger partial charge on any atom is -0.453 e. The maximum atomic E-state index is 13.6. The largest absolute Gasteiger partial charge is 0.453 e. The molecule has 2 aromatic carbocycles. The molecule has 2 amide bonds. The van der Waals surface area contributed by atoms with Crippen LogP contribution >= 0.6 is 0 Å². The number of hydrogen-bond acceptors (Lipinski definition) is 4. The van der Waals surface area contributed by atoms with Crippen LogP contribution in [0.4, 0.5) is 29.3 Å². The van der Waals surface area contributed by atoms with Gasteiger partial charge >= 0.3 is 12.7 Å². The van der Waals surface area contributed by atoms with Gasteiger partial charge in [0, 0.05) is 17.3 Å². The lowest BCUT2D eigenvalue weighted by molar-refractivity contribution is -0.111. The molecule has 0 bridgehead atoms. The Morgan fingerprint density at radius 3 is 2.56 bits per heavy atom. The molecule has 0 unspecified atom stereocenters. The summed E-state index contributed by atoms with van der Waals surface area (Å²) in [7, 11) is 1.12. The van der Waals surface area contributed by atoms with Crippen molar-refractivity contribution in [2.45, 2.75) is 6.61 Å². The number of ether oxygens (including phenoxy) is 2. The molecule has 0 spiro atoms. The fourth-order valence-electron chi connectivity index (χ4n) is 2.03. The maximum absolute atomic E-state index is 13.6. The fraction of sp³-hybridized carbons (Fsp3) is 0.111. The molecule has 2 N–H and O–H groups in total. The number of para-hydroxylation sites is 1. The first-order valence-corrected chi connectivity index (χ1v) is 7.56. The van der Waals surface area contributed by atoms with Crippen molar-refractivity contribution in [3.8, 4) is 5.75 Å². The van der Waals surface area contributed by atoms with Crippen LogP contribution in [0.15, 0.2) is 48.5 Å². The molecule has 0 aliphatic rings. The summed E-state index contributed by atoms with van der Waals surface area (Å²) in [6.45, 7) is -2.99. The first kappa shape index (κ1) is 19.8. The lowest BCUT2D eigenvalue weighted by atomic mass is 10.2. The molecule has 2 aromatic rings. The molecule has 0 aliphatic carbocycles. The smallest absolute Gasteiger partial charge is 0.411 e. The molecule has 0 aliphatic heterocycles. The number of halogens is 3. The monoisotopic (exact) mass is 380 g/mol. The molecular formula is C18H15F3N2O4. The van der Waals surface area contributed by atoms with Crippen molar-refractivity contribution < 1.29 is 32.2 Å². The number of anilines is 2. The summed E-state index contributed by atoms with van der Waals surface area (Å²) in [5.74, 6) is -1.40. The average Bonchev–Trinajstić information content (AvgIpc) is 2.63. The molecule has 0 heterocycles. The van der Waals surface area contributed by atoms with E-state index in [0.29, 0.717) is 0 Å². The first-order chi connectivity index (χ1) is 12.9. The minimum absolute atomic E-state index is 0.0807. The lowest BCUT2D eigenvalue weighted by Gasteiger charge is -2.09. The van der Waals surface area contributed by atoms with E-state index >= 15 is 0 Å². The summed E-state index contributed by atoms with van der Waals surface area (Å²) in [5, 5.41) is 4.62. The highest BCUT2D eigenvalue weighted by Crippen LogP contribution is 2.22. The van der Waals surface area contributed by atoms with Crippen LogP contribution < -0.4 is 15.4 Å². The van der Waals surface area contributed by atoms with E-state index < -0.39 is 24.4 Å². The first-order valence-electron chi connectivity index (χ1n) is 7.56. The Labute approximate surface area is 152 Å². The molecular weight excluding hydrogens is 365 g/mol. The van der Waals surface area contributed by atoms with E-state index in [1.807, 2.05) is 0 Å². The number of carbonyl (C=O) groups is 2. The number of nitrogens with one attached hydrogen (secondary N) is 2. The fourth-order valence-corrected chi connectivity index (χ4v) is 2.03. The third-order valence-electron chi connectivity index (χ3n) is 3.21. The van der Waals surface area contributed by atoms with Crippen LogP contribution in [-0.2, 0) is 9.53 Å². The van der Waals surface area contributed by atoms with Gasteiger partial charge in [0.05, 0.1) is 12.8 Å². The van der Waals surface area contributed by atoms with E-state index in [1.165, 1.54) is 36.4 Å². The van der Waals surface area contributed by atoms with Gasteiger partial charge in [-0.05, 0) is 30.3 Å². The molecule has 142 valence electrons. The normalized spacial score (nSPS) is 10.7. The highest BCUT2D eigenvalue weighted by molar-refractivity contribution is 6.02. The number of carbonyl (C=O) groups excluding carboxylic acids is 2. The van der Waals surface area contributed by atoms with Crippen molar-refractivity contribution in [1.29, 1.82) is 0 Å². The predicted octanol–water partition coefficient (Wildman–Crippen LogP) is 4.26. The summed E-state index contributed by atoms with van der Waals surface area (Å²) in [6, 6.07) is 9.50. The van der Waals surface area contributed by atoms with E-state index in [-0.39, 0.29) is 22.7 Å². The SMILES string of the molecule is COC(=O)Nc1cc(NC(=O)/C=C/c2ccccc2OC(F)F)ccc1F.